The minimum atomic E-state index is -4.57. The third-order valence-electron chi connectivity index (χ3n) is 4.88. The molecule has 5 rings (SSSR count). The number of hydrogen-bond acceptors (Lipinski definition) is 3. The average molecular weight is 394 g/mol. The lowest BCUT2D eigenvalue weighted by Gasteiger charge is -2.08. The van der Waals surface area contributed by atoms with Gasteiger partial charge in [0.05, 0.1) is 11.9 Å². The highest BCUT2D eigenvalue weighted by Gasteiger charge is 2.33. The Kier molecular flexibility index (Phi) is 3.70. The fourth-order valence-electron chi connectivity index (χ4n) is 3.58. The molecule has 0 unspecified atom stereocenters. The van der Waals surface area contributed by atoms with E-state index in [1.54, 1.807) is 12.1 Å². The van der Waals surface area contributed by atoms with Gasteiger partial charge in [-0.25, -0.2) is 9.50 Å². The summed E-state index contributed by atoms with van der Waals surface area (Å²) in [5.74, 6) is -0.108. The standard InChI is InChI=1S/C21H13F3N4O/c22-21(23,24)17-10-16-19(13-6-7-15-14(8-13)9-18(29)26-15)20(27-28(16)11-25-17)12-4-2-1-3-5-12/h1-8,10-11H,9H2,(H,26,29). The predicted molar refractivity (Wildman–Crippen MR) is 101 cm³/mol. The van der Waals surface area contributed by atoms with Crippen molar-refractivity contribution in [2.45, 2.75) is 12.6 Å². The van der Waals surface area contributed by atoms with Crippen molar-refractivity contribution in [3.63, 3.8) is 0 Å². The van der Waals surface area contributed by atoms with Crippen LogP contribution in [0.25, 0.3) is 27.9 Å². The fraction of sp³-hybridized carbons (Fsp3) is 0.0952. The van der Waals surface area contributed by atoms with Gasteiger partial charge in [0.25, 0.3) is 0 Å². The number of amides is 1. The van der Waals surface area contributed by atoms with E-state index in [9.17, 15) is 18.0 Å². The van der Waals surface area contributed by atoms with Crippen LogP contribution in [0.4, 0.5) is 18.9 Å². The maximum Gasteiger partial charge on any atom is 0.433 e. The minimum absolute atomic E-state index is 0.108. The Morgan fingerprint density at radius 1 is 1.00 bits per heavy atom. The molecular formula is C21H13F3N4O. The summed E-state index contributed by atoms with van der Waals surface area (Å²) in [6.45, 7) is 0. The van der Waals surface area contributed by atoms with Crippen LogP contribution in [0.1, 0.15) is 11.3 Å². The summed E-state index contributed by atoms with van der Waals surface area (Å²) < 4.78 is 41.1. The molecule has 1 N–H and O–H groups in total. The molecule has 0 spiro atoms. The molecule has 0 bridgehead atoms. The van der Waals surface area contributed by atoms with Crippen LogP contribution < -0.4 is 5.32 Å². The average Bonchev–Trinajstić information content (AvgIpc) is 3.26. The minimum Gasteiger partial charge on any atom is -0.326 e. The number of rotatable bonds is 2. The van der Waals surface area contributed by atoms with Gasteiger partial charge in [0.1, 0.15) is 17.7 Å². The lowest BCUT2D eigenvalue weighted by atomic mass is 9.97. The highest BCUT2D eigenvalue weighted by Crippen LogP contribution is 2.39. The normalized spacial score (nSPS) is 13.6. The molecule has 1 aliphatic heterocycles. The Labute approximate surface area is 162 Å². The lowest BCUT2D eigenvalue weighted by molar-refractivity contribution is -0.141. The second kappa shape index (κ2) is 6.16. The molecule has 2 aromatic carbocycles. The van der Waals surface area contributed by atoms with Gasteiger partial charge in [0.15, 0.2) is 0 Å². The van der Waals surface area contributed by atoms with E-state index in [1.165, 1.54) is 4.52 Å². The molecule has 0 fully saturated rings. The molecule has 0 aliphatic carbocycles. The predicted octanol–water partition coefficient (Wildman–Crippen LogP) is 4.58. The molecule has 144 valence electrons. The molecule has 29 heavy (non-hydrogen) atoms. The monoisotopic (exact) mass is 394 g/mol. The number of nitrogens with zero attached hydrogens (tertiary/aromatic N) is 3. The van der Waals surface area contributed by atoms with Crippen LogP contribution in [0.3, 0.4) is 0 Å². The highest BCUT2D eigenvalue weighted by molar-refractivity contribution is 6.01. The van der Waals surface area contributed by atoms with E-state index in [4.69, 9.17) is 0 Å². The van der Waals surface area contributed by atoms with Crippen molar-refractivity contribution >= 4 is 17.1 Å². The maximum absolute atomic E-state index is 13.3. The smallest absolute Gasteiger partial charge is 0.326 e. The number of nitrogens with one attached hydrogen (secondary N) is 1. The molecule has 2 aromatic heterocycles. The number of hydrogen-bond donors (Lipinski definition) is 1. The highest BCUT2D eigenvalue weighted by atomic mass is 19.4. The number of anilines is 1. The van der Waals surface area contributed by atoms with E-state index in [0.29, 0.717) is 28.0 Å². The molecule has 0 saturated heterocycles. The zero-order chi connectivity index (χ0) is 20.2. The quantitative estimate of drug-likeness (QED) is 0.542. The molecule has 5 nitrogen and oxygen atoms in total. The molecule has 0 saturated carbocycles. The van der Waals surface area contributed by atoms with E-state index >= 15 is 0 Å². The van der Waals surface area contributed by atoms with Crippen LogP contribution >= 0.6 is 0 Å². The number of alkyl halides is 3. The summed E-state index contributed by atoms with van der Waals surface area (Å²) in [5, 5.41) is 7.26. The number of benzene rings is 2. The van der Waals surface area contributed by atoms with E-state index in [2.05, 4.69) is 15.4 Å². The van der Waals surface area contributed by atoms with Gasteiger partial charge in [-0.2, -0.15) is 18.3 Å². The Morgan fingerprint density at radius 3 is 2.55 bits per heavy atom. The summed E-state index contributed by atoms with van der Waals surface area (Å²) >= 11 is 0. The molecule has 0 radical (unpaired) electrons. The van der Waals surface area contributed by atoms with E-state index in [0.717, 1.165) is 23.5 Å². The Hall–Kier alpha value is -3.68. The van der Waals surface area contributed by atoms with Crippen LogP contribution in [0.15, 0.2) is 60.9 Å². The van der Waals surface area contributed by atoms with Crippen molar-refractivity contribution in [3.8, 4) is 22.4 Å². The van der Waals surface area contributed by atoms with E-state index < -0.39 is 11.9 Å². The first-order chi connectivity index (χ1) is 13.9. The molecule has 8 heteroatoms. The Balaban J connectivity index is 1.79. The first kappa shape index (κ1) is 17.4. The number of aromatic nitrogens is 3. The lowest BCUT2D eigenvalue weighted by Crippen LogP contribution is -2.08. The van der Waals surface area contributed by atoms with Gasteiger partial charge in [0.2, 0.25) is 5.91 Å². The zero-order valence-corrected chi connectivity index (χ0v) is 14.9. The first-order valence-electron chi connectivity index (χ1n) is 8.84. The summed E-state index contributed by atoms with van der Waals surface area (Å²) in [6, 6.07) is 15.6. The van der Waals surface area contributed by atoms with Crippen molar-refractivity contribution in [1.82, 2.24) is 14.6 Å². The molecule has 3 heterocycles. The second-order valence-electron chi connectivity index (χ2n) is 6.79. The van der Waals surface area contributed by atoms with Crippen LogP contribution in [0, 0.1) is 0 Å². The van der Waals surface area contributed by atoms with Gasteiger partial charge in [-0.3, -0.25) is 4.79 Å². The summed E-state index contributed by atoms with van der Waals surface area (Å²) in [7, 11) is 0. The van der Waals surface area contributed by atoms with Gasteiger partial charge in [-0.15, -0.1) is 0 Å². The number of carbonyl (C=O) groups is 1. The first-order valence-corrected chi connectivity index (χ1v) is 8.84. The van der Waals surface area contributed by atoms with Gasteiger partial charge in [-0.05, 0) is 29.3 Å². The number of halogens is 3. The van der Waals surface area contributed by atoms with Crippen molar-refractivity contribution in [2.75, 3.05) is 5.32 Å². The van der Waals surface area contributed by atoms with Crippen LogP contribution in [-0.2, 0) is 17.4 Å². The second-order valence-corrected chi connectivity index (χ2v) is 6.79. The van der Waals surface area contributed by atoms with Crippen molar-refractivity contribution in [3.05, 3.63) is 72.2 Å². The zero-order valence-electron chi connectivity index (χ0n) is 14.9. The SMILES string of the molecule is O=C1Cc2cc(-c3c(-c4ccccc4)nn4cnc(C(F)(F)F)cc34)ccc2N1. The Morgan fingerprint density at radius 2 is 1.79 bits per heavy atom. The number of carbonyl (C=O) groups excluding carboxylic acids is 1. The fourth-order valence-corrected chi connectivity index (χ4v) is 3.58. The van der Waals surface area contributed by atoms with Gasteiger partial charge >= 0.3 is 6.18 Å². The Bertz CT molecular complexity index is 1260. The third kappa shape index (κ3) is 2.93. The van der Waals surface area contributed by atoms with Crippen molar-refractivity contribution < 1.29 is 18.0 Å². The third-order valence-corrected chi connectivity index (χ3v) is 4.88. The molecule has 4 aromatic rings. The van der Waals surface area contributed by atoms with E-state index in [1.807, 2.05) is 36.4 Å². The molecular weight excluding hydrogens is 381 g/mol. The topological polar surface area (TPSA) is 59.3 Å². The molecule has 1 aliphatic rings. The number of fused-ring (bicyclic) bond motifs is 2. The van der Waals surface area contributed by atoms with Gasteiger partial charge in [0, 0.05) is 16.8 Å². The van der Waals surface area contributed by atoms with Crippen LogP contribution in [0.5, 0.6) is 0 Å². The molecule has 0 atom stereocenters. The van der Waals surface area contributed by atoms with Crippen LogP contribution in [-0.4, -0.2) is 20.5 Å². The summed E-state index contributed by atoms with van der Waals surface area (Å²) in [4.78, 5) is 15.2. The van der Waals surface area contributed by atoms with Crippen molar-refractivity contribution in [2.24, 2.45) is 0 Å². The van der Waals surface area contributed by atoms with Gasteiger partial charge in [-0.1, -0.05) is 36.4 Å². The van der Waals surface area contributed by atoms with Gasteiger partial charge < -0.3 is 5.32 Å². The molecule has 1 amide bonds. The summed E-state index contributed by atoms with van der Waals surface area (Å²) in [6.07, 6.45) is -3.25. The van der Waals surface area contributed by atoms with Crippen molar-refractivity contribution in [1.29, 1.82) is 0 Å². The van der Waals surface area contributed by atoms with E-state index in [-0.39, 0.29) is 12.3 Å². The largest absolute Gasteiger partial charge is 0.433 e. The maximum atomic E-state index is 13.3. The summed E-state index contributed by atoms with van der Waals surface area (Å²) in [5.41, 5.74) is 3.40. The van der Waals surface area contributed by atoms with Crippen LogP contribution in [0.2, 0.25) is 0 Å².